The van der Waals surface area contributed by atoms with Crippen molar-refractivity contribution in [3.05, 3.63) is 87.6 Å². The topological polar surface area (TPSA) is 32.3 Å². The summed E-state index contributed by atoms with van der Waals surface area (Å²) >= 11 is 1.64. The Morgan fingerprint density at radius 2 is 1.71 bits per heavy atom. The molecule has 0 bridgehead atoms. The fraction of sp³-hybridized carbons (Fsp3) is 0.150. The summed E-state index contributed by atoms with van der Waals surface area (Å²) in [6.45, 7) is 2.44. The number of amides is 1. The average Bonchev–Trinajstić information content (AvgIpc) is 3.29. The number of fused-ring (bicyclic) bond motifs is 1. The predicted octanol–water partition coefficient (Wildman–Crippen LogP) is 4.20. The zero-order chi connectivity index (χ0) is 16.4. The van der Waals surface area contributed by atoms with Crippen LogP contribution in [0.2, 0.25) is 0 Å². The van der Waals surface area contributed by atoms with Crippen molar-refractivity contribution >= 4 is 22.9 Å². The van der Waals surface area contributed by atoms with Crippen molar-refractivity contribution in [1.82, 2.24) is 5.32 Å². The molecule has 0 saturated carbocycles. The van der Waals surface area contributed by atoms with Gasteiger partial charge in [-0.3, -0.25) is 4.79 Å². The van der Waals surface area contributed by atoms with Crippen LogP contribution in [-0.4, -0.2) is 5.91 Å². The minimum Gasteiger partial charge on any atom is -0.363 e. The summed E-state index contributed by atoms with van der Waals surface area (Å²) in [5.74, 6) is -0.0301. The van der Waals surface area contributed by atoms with Crippen LogP contribution >= 0.6 is 11.3 Å². The molecule has 1 amide bonds. The molecule has 0 spiro atoms. The highest BCUT2D eigenvalue weighted by atomic mass is 32.1. The molecule has 120 valence electrons. The Morgan fingerprint density at radius 1 is 1.00 bits per heavy atom. The number of nitrogens with one attached hydrogen (secondary N) is 1. The van der Waals surface area contributed by atoms with Crippen molar-refractivity contribution < 1.29 is 4.79 Å². The molecule has 3 aromatic rings. The van der Waals surface area contributed by atoms with Crippen LogP contribution in [0.25, 0.3) is 0 Å². The fourth-order valence-electron chi connectivity index (χ4n) is 3.02. The lowest BCUT2D eigenvalue weighted by Crippen LogP contribution is -2.22. The van der Waals surface area contributed by atoms with E-state index >= 15 is 0 Å². The quantitative estimate of drug-likeness (QED) is 0.775. The third-order valence-electron chi connectivity index (χ3n) is 4.37. The summed E-state index contributed by atoms with van der Waals surface area (Å²) in [7, 11) is 0. The smallest absolute Gasteiger partial charge is 0.251 e. The largest absolute Gasteiger partial charge is 0.363 e. The molecule has 1 aliphatic heterocycles. The van der Waals surface area contributed by atoms with Gasteiger partial charge in [0, 0.05) is 30.9 Å². The van der Waals surface area contributed by atoms with Crippen molar-refractivity contribution in [2.75, 3.05) is 4.90 Å². The monoisotopic (exact) mass is 334 g/mol. The Balaban J connectivity index is 1.41. The minimum atomic E-state index is -0.0301. The van der Waals surface area contributed by atoms with E-state index in [9.17, 15) is 4.79 Å². The summed E-state index contributed by atoms with van der Waals surface area (Å²) in [4.78, 5) is 14.6. The Morgan fingerprint density at radius 3 is 2.33 bits per heavy atom. The lowest BCUT2D eigenvalue weighted by molar-refractivity contribution is 0.0951. The summed E-state index contributed by atoms with van der Waals surface area (Å²) in [6, 6.07) is 18.4. The molecule has 0 unspecified atom stereocenters. The van der Waals surface area contributed by atoms with Gasteiger partial charge in [-0.25, -0.2) is 0 Å². The van der Waals surface area contributed by atoms with Crippen molar-refractivity contribution in [1.29, 1.82) is 0 Å². The Labute approximate surface area is 145 Å². The van der Waals surface area contributed by atoms with Gasteiger partial charge in [-0.05, 0) is 57.8 Å². The SMILES string of the molecule is O=C(NCc1ccsc1)c1ccc(N2Cc3ccccc3C2)cc1. The molecule has 0 fully saturated rings. The minimum absolute atomic E-state index is 0.0301. The maximum Gasteiger partial charge on any atom is 0.251 e. The summed E-state index contributed by atoms with van der Waals surface area (Å²) in [6.07, 6.45) is 0. The first-order chi connectivity index (χ1) is 11.8. The van der Waals surface area contributed by atoms with Gasteiger partial charge in [0.2, 0.25) is 0 Å². The fourth-order valence-corrected chi connectivity index (χ4v) is 3.69. The normalized spacial score (nSPS) is 12.9. The summed E-state index contributed by atoms with van der Waals surface area (Å²) in [5.41, 5.74) is 5.76. The second kappa shape index (κ2) is 6.49. The second-order valence-corrected chi connectivity index (χ2v) is 6.77. The van der Waals surface area contributed by atoms with E-state index in [-0.39, 0.29) is 5.91 Å². The molecule has 0 atom stereocenters. The zero-order valence-corrected chi connectivity index (χ0v) is 14.1. The van der Waals surface area contributed by atoms with Crippen LogP contribution < -0.4 is 10.2 Å². The maximum absolute atomic E-state index is 12.2. The standard InChI is InChI=1S/C20H18N2OS/c23-20(21-11-15-9-10-24-14-15)16-5-7-19(8-6-16)22-12-17-3-1-2-4-18(17)13-22/h1-10,14H,11-13H2,(H,21,23). The van der Waals surface area contributed by atoms with Crippen molar-refractivity contribution in [3.63, 3.8) is 0 Å². The van der Waals surface area contributed by atoms with Crippen molar-refractivity contribution in [3.8, 4) is 0 Å². The van der Waals surface area contributed by atoms with Crippen LogP contribution in [0.4, 0.5) is 5.69 Å². The molecule has 1 N–H and O–H groups in total. The first kappa shape index (κ1) is 15.0. The number of hydrogen-bond acceptors (Lipinski definition) is 3. The molecule has 24 heavy (non-hydrogen) atoms. The number of carbonyl (C=O) groups is 1. The molecule has 2 heterocycles. The number of thiophene rings is 1. The van der Waals surface area contributed by atoms with Gasteiger partial charge in [0.05, 0.1) is 0 Å². The molecular weight excluding hydrogens is 316 g/mol. The van der Waals surface area contributed by atoms with Crippen LogP contribution in [0, 0.1) is 0 Å². The molecule has 3 nitrogen and oxygen atoms in total. The van der Waals surface area contributed by atoms with Crippen LogP contribution in [0.1, 0.15) is 27.0 Å². The van der Waals surface area contributed by atoms with Gasteiger partial charge in [0.25, 0.3) is 5.91 Å². The Kier molecular flexibility index (Phi) is 4.05. The van der Waals surface area contributed by atoms with Gasteiger partial charge in [0.1, 0.15) is 0 Å². The van der Waals surface area contributed by atoms with Crippen LogP contribution in [0.15, 0.2) is 65.4 Å². The van der Waals surface area contributed by atoms with Crippen molar-refractivity contribution in [2.24, 2.45) is 0 Å². The highest BCUT2D eigenvalue weighted by Crippen LogP contribution is 2.28. The molecule has 1 aliphatic rings. The third kappa shape index (κ3) is 3.05. The Hall–Kier alpha value is -2.59. The zero-order valence-electron chi connectivity index (χ0n) is 13.2. The van der Waals surface area contributed by atoms with Gasteiger partial charge in [-0.15, -0.1) is 0 Å². The van der Waals surface area contributed by atoms with Crippen LogP contribution in [0.5, 0.6) is 0 Å². The van der Waals surface area contributed by atoms with E-state index in [1.807, 2.05) is 35.7 Å². The molecule has 0 saturated heterocycles. The number of nitrogens with zero attached hydrogens (tertiary/aromatic N) is 1. The molecule has 4 rings (SSSR count). The first-order valence-electron chi connectivity index (χ1n) is 8.01. The molecule has 1 aromatic heterocycles. The maximum atomic E-state index is 12.2. The van der Waals surface area contributed by atoms with E-state index in [1.54, 1.807) is 11.3 Å². The summed E-state index contributed by atoms with van der Waals surface area (Å²) < 4.78 is 0. The van der Waals surface area contributed by atoms with E-state index in [4.69, 9.17) is 0 Å². The molecule has 4 heteroatoms. The second-order valence-electron chi connectivity index (χ2n) is 5.99. The third-order valence-corrected chi connectivity index (χ3v) is 5.10. The number of benzene rings is 2. The van der Waals surface area contributed by atoms with Gasteiger partial charge in [-0.2, -0.15) is 11.3 Å². The Bertz CT molecular complexity index is 815. The van der Waals surface area contributed by atoms with Crippen molar-refractivity contribution in [2.45, 2.75) is 19.6 Å². The molecule has 0 aliphatic carbocycles. The highest BCUT2D eigenvalue weighted by molar-refractivity contribution is 7.07. The lowest BCUT2D eigenvalue weighted by Gasteiger charge is -2.18. The highest BCUT2D eigenvalue weighted by Gasteiger charge is 2.18. The van der Waals surface area contributed by atoms with Gasteiger partial charge in [0.15, 0.2) is 0 Å². The number of carbonyl (C=O) groups excluding carboxylic acids is 1. The van der Waals surface area contributed by atoms with E-state index in [0.717, 1.165) is 24.3 Å². The van der Waals surface area contributed by atoms with Gasteiger partial charge >= 0.3 is 0 Å². The number of rotatable bonds is 4. The summed E-state index contributed by atoms with van der Waals surface area (Å²) in [5, 5.41) is 7.03. The lowest BCUT2D eigenvalue weighted by atomic mass is 10.1. The van der Waals surface area contributed by atoms with Gasteiger partial charge in [-0.1, -0.05) is 24.3 Å². The first-order valence-corrected chi connectivity index (χ1v) is 8.95. The van der Waals surface area contributed by atoms with E-state index in [1.165, 1.54) is 11.1 Å². The van der Waals surface area contributed by atoms with Crippen LogP contribution in [-0.2, 0) is 19.6 Å². The van der Waals surface area contributed by atoms with Crippen LogP contribution in [0.3, 0.4) is 0 Å². The average molecular weight is 334 g/mol. The number of anilines is 1. The molecule has 2 aromatic carbocycles. The molecular formula is C20H18N2OS. The van der Waals surface area contributed by atoms with E-state index < -0.39 is 0 Å². The van der Waals surface area contributed by atoms with E-state index in [0.29, 0.717) is 12.1 Å². The number of hydrogen-bond donors (Lipinski definition) is 1. The molecule has 0 radical (unpaired) electrons. The van der Waals surface area contributed by atoms with Gasteiger partial charge < -0.3 is 10.2 Å². The predicted molar refractivity (Wildman–Crippen MR) is 98.3 cm³/mol. The van der Waals surface area contributed by atoms with E-state index in [2.05, 4.69) is 39.9 Å².